The molecule has 2 aromatic heterocycles. The van der Waals surface area contributed by atoms with Crippen LogP contribution in [-0.4, -0.2) is 22.1 Å². The second-order valence-corrected chi connectivity index (χ2v) is 7.00. The Labute approximate surface area is 149 Å². The second-order valence-electron chi connectivity index (χ2n) is 6.05. The molecule has 6 heteroatoms. The molecule has 5 nitrogen and oxygen atoms in total. The number of carbonyl (C=O) groups excluding carboxylic acids is 1. The number of rotatable bonds is 3. The lowest BCUT2D eigenvalue weighted by Crippen LogP contribution is -2.28. The number of esters is 1. The summed E-state index contributed by atoms with van der Waals surface area (Å²) < 4.78 is 7.46. The molecule has 0 fully saturated rings. The first-order valence-electron chi connectivity index (χ1n) is 8.27. The summed E-state index contributed by atoms with van der Waals surface area (Å²) in [6, 6.07) is 9.83. The van der Waals surface area contributed by atoms with E-state index < -0.39 is 0 Å². The molecule has 128 valence electrons. The Hall–Kier alpha value is -2.60. The summed E-state index contributed by atoms with van der Waals surface area (Å²) in [7, 11) is 0. The highest BCUT2D eigenvalue weighted by Gasteiger charge is 2.36. The van der Waals surface area contributed by atoms with Crippen LogP contribution < -0.4 is 5.32 Å². The predicted octanol–water partition coefficient (Wildman–Crippen LogP) is 4.26. The minimum Gasteiger partial charge on any atom is -0.463 e. The molecule has 1 aliphatic heterocycles. The SMILES string of the molecule is CCOC(=O)C1=C(C)Nc2nc3ccccc3n2[C@@H]1c1sccc1C. The van der Waals surface area contributed by atoms with Crippen LogP contribution in [0.1, 0.15) is 30.3 Å². The van der Waals surface area contributed by atoms with Crippen molar-refractivity contribution in [2.75, 3.05) is 11.9 Å². The summed E-state index contributed by atoms with van der Waals surface area (Å²) in [4.78, 5) is 18.6. The number of carbonyl (C=O) groups is 1. The Kier molecular flexibility index (Phi) is 3.84. The maximum Gasteiger partial charge on any atom is 0.338 e. The lowest BCUT2D eigenvalue weighted by molar-refractivity contribution is -0.139. The molecule has 0 amide bonds. The first kappa shape index (κ1) is 15.9. The van der Waals surface area contributed by atoms with Crippen LogP contribution in [0.5, 0.6) is 0 Å². The van der Waals surface area contributed by atoms with Gasteiger partial charge in [0.05, 0.1) is 23.2 Å². The number of para-hydroxylation sites is 2. The van der Waals surface area contributed by atoms with E-state index >= 15 is 0 Å². The molecular formula is C19H19N3O2S. The predicted molar refractivity (Wildman–Crippen MR) is 99.9 cm³/mol. The van der Waals surface area contributed by atoms with Gasteiger partial charge in [-0.3, -0.25) is 4.57 Å². The number of aryl methyl sites for hydroxylation is 1. The Morgan fingerprint density at radius 1 is 1.32 bits per heavy atom. The lowest BCUT2D eigenvalue weighted by atomic mass is 9.99. The van der Waals surface area contributed by atoms with Crippen molar-refractivity contribution in [2.24, 2.45) is 0 Å². The van der Waals surface area contributed by atoms with Gasteiger partial charge in [-0.25, -0.2) is 9.78 Å². The molecule has 0 saturated heterocycles. The van der Waals surface area contributed by atoms with E-state index in [1.165, 1.54) is 0 Å². The molecule has 0 bridgehead atoms. The number of hydrogen-bond acceptors (Lipinski definition) is 5. The van der Waals surface area contributed by atoms with Gasteiger partial charge in [-0.15, -0.1) is 11.3 Å². The molecule has 0 spiro atoms. The van der Waals surface area contributed by atoms with Gasteiger partial charge in [-0.1, -0.05) is 12.1 Å². The summed E-state index contributed by atoms with van der Waals surface area (Å²) in [5.41, 5.74) is 4.50. The number of hydrogen-bond donors (Lipinski definition) is 1. The van der Waals surface area contributed by atoms with Crippen LogP contribution in [0.25, 0.3) is 11.0 Å². The summed E-state index contributed by atoms with van der Waals surface area (Å²) in [5.74, 6) is 0.471. The largest absolute Gasteiger partial charge is 0.463 e. The third-order valence-corrected chi connectivity index (χ3v) is 5.55. The zero-order chi connectivity index (χ0) is 17.6. The van der Waals surface area contributed by atoms with Crippen molar-refractivity contribution in [1.82, 2.24) is 9.55 Å². The van der Waals surface area contributed by atoms with Gasteiger partial charge in [0.1, 0.15) is 6.04 Å². The fraction of sp³-hybridized carbons (Fsp3) is 0.263. The van der Waals surface area contributed by atoms with Crippen LogP contribution in [0.3, 0.4) is 0 Å². The molecule has 4 rings (SSSR count). The maximum absolute atomic E-state index is 12.7. The van der Waals surface area contributed by atoms with E-state index in [0.717, 1.165) is 33.1 Å². The first-order chi connectivity index (χ1) is 12.1. The molecule has 1 N–H and O–H groups in total. The molecule has 25 heavy (non-hydrogen) atoms. The highest BCUT2D eigenvalue weighted by molar-refractivity contribution is 7.10. The van der Waals surface area contributed by atoms with E-state index in [0.29, 0.717) is 12.2 Å². The highest BCUT2D eigenvalue weighted by Crippen LogP contribution is 2.42. The summed E-state index contributed by atoms with van der Waals surface area (Å²) in [6.45, 7) is 6.16. The first-order valence-corrected chi connectivity index (χ1v) is 9.15. The lowest BCUT2D eigenvalue weighted by Gasteiger charge is -2.29. The topological polar surface area (TPSA) is 56.1 Å². The van der Waals surface area contributed by atoms with Crippen molar-refractivity contribution >= 4 is 34.3 Å². The standard InChI is InChI=1S/C19H19N3O2S/c1-4-24-18(23)15-12(3)20-19-21-13-7-5-6-8-14(13)22(19)16(15)17-11(2)9-10-25-17/h5-10,16H,4H2,1-3H3,(H,20,21)/t16-/m0/s1. The summed E-state index contributed by atoms with van der Waals surface area (Å²) in [5, 5.41) is 5.34. The van der Waals surface area contributed by atoms with Gasteiger partial charge in [-0.05, 0) is 49.9 Å². The van der Waals surface area contributed by atoms with Gasteiger partial charge in [-0.2, -0.15) is 0 Å². The molecule has 0 radical (unpaired) electrons. The Balaban J connectivity index is 2.00. The van der Waals surface area contributed by atoms with E-state index in [4.69, 9.17) is 9.72 Å². The molecule has 1 aromatic carbocycles. The monoisotopic (exact) mass is 353 g/mol. The van der Waals surface area contributed by atoms with Crippen molar-refractivity contribution in [2.45, 2.75) is 26.8 Å². The number of imidazole rings is 1. The second kappa shape index (κ2) is 6.04. The number of allylic oxidation sites excluding steroid dienone is 1. The van der Waals surface area contributed by atoms with E-state index in [1.54, 1.807) is 11.3 Å². The Morgan fingerprint density at radius 3 is 2.84 bits per heavy atom. The van der Waals surface area contributed by atoms with E-state index in [-0.39, 0.29) is 12.0 Å². The van der Waals surface area contributed by atoms with Crippen molar-refractivity contribution < 1.29 is 9.53 Å². The number of nitrogens with zero attached hydrogens (tertiary/aromatic N) is 2. The molecular weight excluding hydrogens is 334 g/mol. The molecule has 0 saturated carbocycles. The zero-order valence-corrected chi connectivity index (χ0v) is 15.2. The average molecular weight is 353 g/mol. The number of benzene rings is 1. The van der Waals surface area contributed by atoms with Gasteiger partial charge >= 0.3 is 5.97 Å². The smallest absolute Gasteiger partial charge is 0.338 e. The number of ether oxygens (including phenoxy) is 1. The van der Waals surface area contributed by atoms with Gasteiger partial charge in [0.15, 0.2) is 0 Å². The third-order valence-electron chi connectivity index (χ3n) is 4.48. The minimum absolute atomic E-state index is 0.234. The molecule has 0 unspecified atom stereocenters. The Bertz CT molecular complexity index is 999. The van der Waals surface area contributed by atoms with Gasteiger partial charge in [0.25, 0.3) is 0 Å². The average Bonchev–Trinajstić information content (AvgIpc) is 3.16. The molecule has 0 aliphatic carbocycles. The Morgan fingerprint density at radius 2 is 2.12 bits per heavy atom. The van der Waals surface area contributed by atoms with E-state index in [2.05, 4.69) is 28.3 Å². The normalized spacial score (nSPS) is 16.7. The van der Waals surface area contributed by atoms with Gasteiger partial charge in [0.2, 0.25) is 5.95 Å². The van der Waals surface area contributed by atoms with Crippen LogP contribution in [-0.2, 0) is 9.53 Å². The number of thiophene rings is 1. The van der Waals surface area contributed by atoms with Gasteiger partial charge < -0.3 is 10.1 Å². The van der Waals surface area contributed by atoms with Gasteiger partial charge in [0, 0.05) is 10.6 Å². The molecule has 1 atom stereocenters. The van der Waals surface area contributed by atoms with Crippen molar-refractivity contribution in [1.29, 1.82) is 0 Å². The molecule has 3 heterocycles. The fourth-order valence-corrected chi connectivity index (χ4v) is 4.37. The number of aromatic nitrogens is 2. The quantitative estimate of drug-likeness (QED) is 0.715. The zero-order valence-electron chi connectivity index (χ0n) is 14.4. The third kappa shape index (κ3) is 2.44. The van der Waals surface area contributed by atoms with Crippen LogP contribution in [0, 0.1) is 6.92 Å². The van der Waals surface area contributed by atoms with Crippen molar-refractivity contribution in [3.05, 3.63) is 57.4 Å². The number of fused-ring (bicyclic) bond motifs is 3. The highest BCUT2D eigenvalue weighted by atomic mass is 32.1. The number of nitrogens with one attached hydrogen (secondary N) is 1. The summed E-state index contributed by atoms with van der Waals surface area (Å²) in [6.07, 6.45) is 0. The van der Waals surface area contributed by atoms with Crippen LogP contribution in [0.4, 0.5) is 5.95 Å². The minimum atomic E-state index is -0.284. The van der Waals surface area contributed by atoms with E-state index in [1.807, 2.05) is 38.1 Å². The van der Waals surface area contributed by atoms with Crippen LogP contribution in [0.2, 0.25) is 0 Å². The molecule has 3 aromatic rings. The van der Waals surface area contributed by atoms with Crippen LogP contribution in [0.15, 0.2) is 47.0 Å². The van der Waals surface area contributed by atoms with Crippen molar-refractivity contribution in [3.63, 3.8) is 0 Å². The number of anilines is 1. The van der Waals surface area contributed by atoms with E-state index in [9.17, 15) is 4.79 Å². The maximum atomic E-state index is 12.7. The van der Waals surface area contributed by atoms with Crippen molar-refractivity contribution in [3.8, 4) is 0 Å². The fourth-order valence-electron chi connectivity index (χ4n) is 3.35. The van der Waals surface area contributed by atoms with Crippen LogP contribution >= 0.6 is 11.3 Å². The molecule has 1 aliphatic rings. The summed E-state index contributed by atoms with van der Waals surface area (Å²) >= 11 is 1.65.